The third-order valence-electron chi connectivity index (χ3n) is 5.88. The number of hydrogen-bond acceptors (Lipinski definition) is 8. The van der Waals surface area contributed by atoms with Gasteiger partial charge in [-0.15, -0.1) is 0 Å². The van der Waals surface area contributed by atoms with Crippen molar-refractivity contribution < 1.29 is 28.5 Å². The molecule has 0 aliphatic rings. The van der Waals surface area contributed by atoms with Crippen LogP contribution in [0.4, 0.5) is 0 Å². The quantitative estimate of drug-likeness (QED) is 0.298. The maximum Gasteiger partial charge on any atom is 0.340 e. The van der Waals surface area contributed by atoms with Gasteiger partial charge in [-0.3, -0.25) is 4.98 Å². The maximum absolute atomic E-state index is 13.4. The minimum Gasteiger partial charge on any atom is -0.493 e. The molecule has 9 nitrogen and oxygen atoms in total. The van der Waals surface area contributed by atoms with Crippen molar-refractivity contribution in [3.05, 3.63) is 60.3 Å². The van der Waals surface area contributed by atoms with Crippen molar-refractivity contribution in [1.82, 2.24) is 14.5 Å². The molecule has 2 aromatic carbocycles. The number of aromatic nitrogens is 3. The average Bonchev–Trinajstić information content (AvgIpc) is 3.43. The minimum absolute atomic E-state index is 0.231. The Morgan fingerprint density at radius 1 is 0.917 bits per heavy atom. The van der Waals surface area contributed by atoms with Crippen LogP contribution in [0.1, 0.15) is 23.0 Å². The first-order valence-corrected chi connectivity index (χ1v) is 11.5. The molecule has 9 heteroatoms. The molecule has 0 amide bonds. The SMILES string of the molecule is CCOC(=O)c1c(CCn2ccnc2)nc2cc(OC)c(OC)cc2c1-c1ccc(OC)c(OC)c1. The van der Waals surface area contributed by atoms with Crippen molar-refractivity contribution in [2.75, 3.05) is 35.0 Å². The molecule has 4 rings (SSSR count). The second-order valence-electron chi connectivity index (χ2n) is 7.87. The van der Waals surface area contributed by atoms with Gasteiger partial charge in [0.15, 0.2) is 23.0 Å². The van der Waals surface area contributed by atoms with Gasteiger partial charge in [0.1, 0.15) is 0 Å². The van der Waals surface area contributed by atoms with Crippen molar-refractivity contribution in [3.8, 4) is 34.1 Å². The Kier molecular flexibility index (Phi) is 7.58. The number of rotatable bonds is 10. The monoisotopic (exact) mass is 491 g/mol. The fourth-order valence-corrected chi connectivity index (χ4v) is 4.19. The third kappa shape index (κ3) is 4.77. The van der Waals surface area contributed by atoms with Crippen LogP contribution in [0.5, 0.6) is 23.0 Å². The number of carbonyl (C=O) groups is 1. The van der Waals surface area contributed by atoms with Crippen LogP contribution < -0.4 is 18.9 Å². The fourth-order valence-electron chi connectivity index (χ4n) is 4.19. The van der Waals surface area contributed by atoms with Gasteiger partial charge in [0.25, 0.3) is 0 Å². The lowest BCUT2D eigenvalue weighted by molar-refractivity contribution is 0.0525. The van der Waals surface area contributed by atoms with Gasteiger partial charge in [0.2, 0.25) is 0 Å². The number of hydrogen-bond donors (Lipinski definition) is 0. The average molecular weight is 492 g/mol. The summed E-state index contributed by atoms with van der Waals surface area (Å²) in [6.07, 6.45) is 5.80. The van der Waals surface area contributed by atoms with E-state index in [1.807, 2.05) is 35.0 Å². The summed E-state index contributed by atoms with van der Waals surface area (Å²) in [5.74, 6) is 1.73. The lowest BCUT2D eigenvalue weighted by Crippen LogP contribution is -2.14. The Morgan fingerprint density at radius 3 is 2.25 bits per heavy atom. The molecule has 0 saturated heterocycles. The summed E-state index contributed by atoms with van der Waals surface area (Å²) in [7, 11) is 6.29. The molecule has 0 aliphatic heterocycles. The highest BCUT2D eigenvalue weighted by Crippen LogP contribution is 2.42. The van der Waals surface area contributed by atoms with Crippen molar-refractivity contribution >= 4 is 16.9 Å². The van der Waals surface area contributed by atoms with Crippen molar-refractivity contribution in [1.29, 1.82) is 0 Å². The van der Waals surface area contributed by atoms with Gasteiger partial charge in [-0.25, -0.2) is 9.78 Å². The highest BCUT2D eigenvalue weighted by molar-refractivity contribution is 6.08. The van der Waals surface area contributed by atoms with E-state index < -0.39 is 5.97 Å². The minimum atomic E-state index is -0.452. The van der Waals surface area contributed by atoms with Gasteiger partial charge >= 0.3 is 5.97 Å². The molecule has 0 spiro atoms. The smallest absolute Gasteiger partial charge is 0.340 e. The molecule has 2 heterocycles. The zero-order chi connectivity index (χ0) is 25.7. The van der Waals surface area contributed by atoms with E-state index in [4.69, 9.17) is 28.7 Å². The van der Waals surface area contributed by atoms with E-state index in [2.05, 4.69) is 4.98 Å². The lowest BCUT2D eigenvalue weighted by Gasteiger charge is -2.19. The molecule has 2 aromatic heterocycles. The number of benzene rings is 2. The van der Waals surface area contributed by atoms with E-state index in [0.29, 0.717) is 63.7 Å². The van der Waals surface area contributed by atoms with E-state index in [1.54, 1.807) is 54.0 Å². The highest BCUT2D eigenvalue weighted by Gasteiger charge is 2.25. The summed E-state index contributed by atoms with van der Waals surface area (Å²) >= 11 is 0. The molecule has 36 heavy (non-hydrogen) atoms. The Labute approximate surface area is 209 Å². The van der Waals surface area contributed by atoms with E-state index in [0.717, 1.165) is 5.56 Å². The molecule has 0 radical (unpaired) electrons. The van der Waals surface area contributed by atoms with Crippen molar-refractivity contribution in [2.45, 2.75) is 19.9 Å². The number of carbonyl (C=O) groups excluding carboxylic acids is 1. The molecule has 0 N–H and O–H groups in total. The van der Waals surface area contributed by atoms with Crippen molar-refractivity contribution in [2.24, 2.45) is 0 Å². The standard InChI is InChI=1S/C27H29N3O6/c1-6-36-27(31)26-19(9-11-30-12-10-28-16-30)29-20-15-24(35-5)23(34-4)14-18(20)25(26)17-7-8-21(32-2)22(13-17)33-3/h7-8,10,12-16H,6,9,11H2,1-5H3. The summed E-state index contributed by atoms with van der Waals surface area (Å²) in [5.41, 5.74) is 3.07. The van der Waals surface area contributed by atoms with E-state index in [-0.39, 0.29) is 6.61 Å². The van der Waals surface area contributed by atoms with Gasteiger partial charge in [-0.2, -0.15) is 0 Å². The number of fused-ring (bicyclic) bond motifs is 1. The van der Waals surface area contributed by atoms with Gasteiger partial charge in [-0.1, -0.05) is 6.07 Å². The molecule has 4 aromatic rings. The fraction of sp³-hybridized carbons (Fsp3) is 0.296. The van der Waals surface area contributed by atoms with Gasteiger partial charge in [0, 0.05) is 42.4 Å². The molecular weight excluding hydrogens is 462 g/mol. The van der Waals surface area contributed by atoms with Gasteiger partial charge in [-0.05, 0) is 30.7 Å². The van der Waals surface area contributed by atoms with Gasteiger partial charge in [0.05, 0.1) is 58.1 Å². The Balaban J connectivity index is 2.05. The Bertz CT molecular complexity index is 1370. The van der Waals surface area contributed by atoms with Crippen LogP contribution in [0, 0.1) is 0 Å². The number of nitrogens with zero attached hydrogens (tertiary/aromatic N) is 3. The first-order valence-electron chi connectivity index (χ1n) is 11.5. The Morgan fingerprint density at radius 2 is 1.61 bits per heavy atom. The first kappa shape index (κ1) is 24.8. The van der Waals surface area contributed by atoms with Crippen LogP contribution in [0.15, 0.2) is 49.1 Å². The summed E-state index contributed by atoms with van der Waals surface area (Å²) in [6.45, 7) is 2.60. The first-order chi connectivity index (χ1) is 17.5. The number of methoxy groups -OCH3 is 4. The molecular formula is C27H29N3O6. The number of imidazole rings is 1. The Hall–Kier alpha value is -4.27. The van der Waals surface area contributed by atoms with Crippen molar-refractivity contribution in [3.63, 3.8) is 0 Å². The normalized spacial score (nSPS) is 10.8. The van der Waals surface area contributed by atoms with Crippen LogP contribution in [0.25, 0.3) is 22.0 Å². The molecule has 0 unspecified atom stereocenters. The summed E-state index contributed by atoms with van der Waals surface area (Å²) in [4.78, 5) is 22.4. The summed E-state index contributed by atoms with van der Waals surface area (Å²) in [6, 6.07) is 9.17. The van der Waals surface area contributed by atoms with Crippen LogP contribution in [-0.4, -0.2) is 55.6 Å². The maximum atomic E-state index is 13.4. The molecule has 0 aliphatic carbocycles. The summed E-state index contributed by atoms with van der Waals surface area (Å²) < 4.78 is 29.5. The molecule has 0 atom stereocenters. The number of aryl methyl sites for hydroxylation is 2. The van der Waals surface area contributed by atoms with E-state index in [9.17, 15) is 4.79 Å². The topological polar surface area (TPSA) is 93.9 Å². The zero-order valence-corrected chi connectivity index (χ0v) is 21.0. The molecule has 188 valence electrons. The predicted octanol–water partition coefficient (Wildman–Crippen LogP) is 4.55. The summed E-state index contributed by atoms with van der Waals surface area (Å²) in [5, 5.41) is 0.717. The predicted molar refractivity (Wildman–Crippen MR) is 135 cm³/mol. The van der Waals surface area contributed by atoms with E-state index in [1.165, 1.54) is 0 Å². The van der Waals surface area contributed by atoms with Gasteiger partial charge < -0.3 is 28.3 Å². The van der Waals surface area contributed by atoms with Crippen LogP contribution in [0.3, 0.4) is 0 Å². The number of pyridine rings is 1. The molecule has 0 saturated carbocycles. The number of ether oxygens (including phenoxy) is 5. The van der Waals surface area contributed by atoms with Crippen LogP contribution in [-0.2, 0) is 17.7 Å². The second-order valence-corrected chi connectivity index (χ2v) is 7.87. The van der Waals surface area contributed by atoms with E-state index >= 15 is 0 Å². The van der Waals surface area contributed by atoms with Crippen LogP contribution in [0.2, 0.25) is 0 Å². The van der Waals surface area contributed by atoms with Crippen LogP contribution >= 0.6 is 0 Å². The molecule has 0 fully saturated rings. The zero-order valence-electron chi connectivity index (χ0n) is 21.0. The second kappa shape index (κ2) is 11.0. The number of esters is 1. The third-order valence-corrected chi connectivity index (χ3v) is 5.88. The lowest BCUT2D eigenvalue weighted by atomic mass is 9.92. The largest absolute Gasteiger partial charge is 0.493 e. The molecule has 0 bridgehead atoms. The highest BCUT2D eigenvalue weighted by atomic mass is 16.5.